The van der Waals surface area contributed by atoms with Crippen molar-refractivity contribution in [2.45, 2.75) is 65.1 Å². The van der Waals surface area contributed by atoms with Crippen molar-refractivity contribution in [3.63, 3.8) is 0 Å². The first kappa shape index (κ1) is 20.2. The van der Waals surface area contributed by atoms with Gasteiger partial charge < -0.3 is 14.6 Å². The van der Waals surface area contributed by atoms with Crippen molar-refractivity contribution in [1.29, 1.82) is 0 Å². The Hall–Kier alpha value is -2.14. The second-order valence-corrected chi connectivity index (χ2v) is 6.99. The van der Waals surface area contributed by atoms with E-state index in [0.29, 0.717) is 12.0 Å². The maximum Gasteiger partial charge on any atom is 0.336 e. The van der Waals surface area contributed by atoms with Crippen LogP contribution in [0.1, 0.15) is 52.9 Å². The molecule has 0 saturated heterocycles. The number of hydrogen-bond acceptors (Lipinski definition) is 5. The summed E-state index contributed by atoms with van der Waals surface area (Å²) in [6.45, 7) is 5.78. The molecule has 26 heavy (non-hydrogen) atoms. The number of fused-ring (bicyclic) bond motifs is 1. The van der Waals surface area contributed by atoms with Crippen LogP contribution in [0.25, 0.3) is 0 Å². The van der Waals surface area contributed by atoms with Crippen LogP contribution in [0.5, 0.6) is 0 Å². The van der Waals surface area contributed by atoms with E-state index in [1.807, 2.05) is 13.0 Å². The third kappa shape index (κ3) is 4.94. The average molecular weight is 360 g/mol. The number of carbonyl (C=O) groups is 2. The number of methoxy groups -OCH3 is 1. The predicted molar refractivity (Wildman–Crippen MR) is 99.3 cm³/mol. The molecule has 2 aliphatic rings. The molecule has 1 heterocycles. The summed E-state index contributed by atoms with van der Waals surface area (Å²) in [7, 11) is 1.30. The number of aliphatic hydroxyl groups excluding tert-OH is 1. The largest absolute Gasteiger partial charge is 0.466 e. The van der Waals surface area contributed by atoms with Crippen LogP contribution >= 0.6 is 0 Å². The van der Waals surface area contributed by atoms with Gasteiger partial charge in [0.2, 0.25) is 0 Å². The fraction of sp³-hybridized carbons (Fsp3) is 0.524. The summed E-state index contributed by atoms with van der Waals surface area (Å²) >= 11 is 0. The highest BCUT2D eigenvalue weighted by Gasteiger charge is 2.33. The average Bonchev–Trinajstić information content (AvgIpc) is 2.84. The van der Waals surface area contributed by atoms with E-state index in [1.165, 1.54) is 12.7 Å². The normalized spacial score (nSPS) is 31.4. The summed E-state index contributed by atoms with van der Waals surface area (Å²) < 4.78 is 10.3. The molecule has 5 nitrogen and oxygen atoms in total. The Morgan fingerprint density at radius 2 is 1.81 bits per heavy atom. The molecule has 1 N–H and O–H groups in total. The van der Waals surface area contributed by atoms with Gasteiger partial charge in [-0.05, 0) is 58.1 Å². The monoisotopic (exact) mass is 360 g/mol. The van der Waals surface area contributed by atoms with Crippen LogP contribution in [0.2, 0.25) is 0 Å². The molecule has 0 amide bonds. The Labute approximate surface area is 155 Å². The van der Waals surface area contributed by atoms with Crippen LogP contribution in [0.4, 0.5) is 0 Å². The highest BCUT2D eigenvalue weighted by atomic mass is 16.5. The SMILES string of the molecule is COC(=O)/C1=C\CC/C(C)=C/CC/C(C)=C/[C@@H]2OC(=O)C(C)=C2C[C@H]1O. The smallest absolute Gasteiger partial charge is 0.336 e. The molecule has 0 aromatic carbocycles. The third-order valence-electron chi connectivity index (χ3n) is 4.93. The number of aliphatic hydroxyl groups is 1. The van der Waals surface area contributed by atoms with Crippen molar-refractivity contribution < 1.29 is 24.2 Å². The molecule has 0 fully saturated rings. The van der Waals surface area contributed by atoms with Crippen LogP contribution in [0.3, 0.4) is 0 Å². The summed E-state index contributed by atoms with van der Waals surface area (Å²) in [5.41, 5.74) is 3.84. The molecule has 2 rings (SSSR count). The van der Waals surface area contributed by atoms with Gasteiger partial charge in [-0.25, -0.2) is 9.59 Å². The summed E-state index contributed by atoms with van der Waals surface area (Å²) in [5.74, 6) is -0.914. The molecule has 2 atom stereocenters. The molecular weight excluding hydrogens is 332 g/mol. The van der Waals surface area contributed by atoms with E-state index in [0.717, 1.165) is 30.4 Å². The quantitative estimate of drug-likeness (QED) is 0.572. The van der Waals surface area contributed by atoms with Gasteiger partial charge in [-0.3, -0.25) is 0 Å². The number of carbonyl (C=O) groups excluding carboxylic acids is 2. The summed E-state index contributed by atoms with van der Waals surface area (Å²) in [6, 6.07) is 0. The minimum absolute atomic E-state index is 0.168. The van der Waals surface area contributed by atoms with Gasteiger partial charge in [0, 0.05) is 12.0 Å². The van der Waals surface area contributed by atoms with Gasteiger partial charge in [-0.2, -0.15) is 0 Å². The molecule has 0 bridgehead atoms. The standard InChI is InChI=1S/C21H28O5/c1-13-7-5-9-14(2)11-19-17(15(3)20(23)26-19)12-18(22)16(10-6-8-13)21(24)25-4/h7,10-11,18-19,22H,5-6,8-9,12H2,1-4H3/b13-7+,14-11+,16-10-/t18-,19+/m1/s1. The zero-order valence-corrected chi connectivity index (χ0v) is 16.0. The van der Waals surface area contributed by atoms with Crippen molar-refractivity contribution >= 4 is 11.9 Å². The van der Waals surface area contributed by atoms with Crippen molar-refractivity contribution in [1.82, 2.24) is 0 Å². The first-order valence-corrected chi connectivity index (χ1v) is 9.03. The molecule has 0 unspecified atom stereocenters. The Kier molecular flexibility index (Phi) is 6.98. The van der Waals surface area contributed by atoms with E-state index in [2.05, 4.69) is 13.0 Å². The molecule has 0 spiro atoms. The van der Waals surface area contributed by atoms with E-state index in [-0.39, 0.29) is 18.0 Å². The molecule has 1 aliphatic heterocycles. The Morgan fingerprint density at radius 1 is 1.15 bits per heavy atom. The number of ether oxygens (including phenoxy) is 2. The lowest BCUT2D eigenvalue weighted by molar-refractivity contribution is -0.139. The molecule has 0 aromatic heterocycles. The minimum atomic E-state index is -1.04. The van der Waals surface area contributed by atoms with Crippen LogP contribution < -0.4 is 0 Å². The number of allylic oxidation sites excluding steroid dienone is 4. The van der Waals surface area contributed by atoms with Gasteiger partial charge in [-0.1, -0.05) is 23.3 Å². The highest BCUT2D eigenvalue weighted by Crippen LogP contribution is 2.30. The molecule has 142 valence electrons. The number of hydrogen-bond donors (Lipinski definition) is 1. The minimum Gasteiger partial charge on any atom is -0.466 e. The third-order valence-corrected chi connectivity index (χ3v) is 4.93. The predicted octanol–water partition coefficient (Wildman–Crippen LogP) is 3.55. The number of rotatable bonds is 1. The van der Waals surface area contributed by atoms with Gasteiger partial charge >= 0.3 is 11.9 Å². The summed E-state index contributed by atoms with van der Waals surface area (Å²) in [6.07, 6.45) is 7.80. The summed E-state index contributed by atoms with van der Waals surface area (Å²) in [4.78, 5) is 24.1. The lowest BCUT2D eigenvalue weighted by Gasteiger charge is -2.18. The van der Waals surface area contributed by atoms with Crippen LogP contribution in [-0.2, 0) is 19.1 Å². The van der Waals surface area contributed by atoms with E-state index < -0.39 is 18.2 Å². The van der Waals surface area contributed by atoms with Crippen molar-refractivity contribution in [2.24, 2.45) is 0 Å². The zero-order valence-electron chi connectivity index (χ0n) is 16.0. The molecule has 1 aliphatic carbocycles. The van der Waals surface area contributed by atoms with Gasteiger partial charge in [-0.15, -0.1) is 0 Å². The van der Waals surface area contributed by atoms with E-state index in [9.17, 15) is 14.7 Å². The lowest BCUT2D eigenvalue weighted by Crippen LogP contribution is -2.22. The second kappa shape index (κ2) is 8.99. The van der Waals surface area contributed by atoms with Crippen LogP contribution in [0.15, 0.2) is 46.1 Å². The van der Waals surface area contributed by atoms with Gasteiger partial charge in [0.15, 0.2) is 0 Å². The summed E-state index contributed by atoms with van der Waals surface area (Å²) in [5, 5.41) is 10.7. The maximum absolute atomic E-state index is 12.1. The van der Waals surface area contributed by atoms with Gasteiger partial charge in [0.25, 0.3) is 0 Å². The van der Waals surface area contributed by atoms with Gasteiger partial charge in [0.05, 0.1) is 18.8 Å². The van der Waals surface area contributed by atoms with Crippen molar-refractivity contribution in [3.05, 3.63) is 46.1 Å². The van der Waals surface area contributed by atoms with Crippen molar-refractivity contribution in [2.75, 3.05) is 7.11 Å². The molecule has 0 saturated carbocycles. The Morgan fingerprint density at radius 3 is 2.50 bits per heavy atom. The Bertz CT molecular complexity index is 693. The topological polar surface area (TPSA) is 72.8 Å². The molecular formula is C21H28O5. The Balaban J connectivity index is 2.40. The molecule has 0 radical (unpaired) electrons. The first-order valence-electron chi connectivity index (χ1n) is 9.03. The second-order valence-electron chi connectivity index (χ2n) is 6.99. The van der Waals surface area contributed by atoms with Crippen molar-refractivity contribution in [3.8, 4) is 0 Å². The van der Waals surface area contributed by atoms with E-state index in [4.69, 9.17) is 9.47 Å². The highest BCUT2D eigenvalue weighted by molar-refractivity contribution is 5.92. The van der Waals surface area contributed by atoms with Crippen LogP contribution in [-0.4, -0.2) is 36.4 Å². The van der Waals surface area contributed by atoms with Gasteiger partial charge in [0.1, 0.15) is 6.10 Å². The zero-order chi connectivity index (χ0) is 19.3. The first-order chi connectivity index (χ1) is 12.3. The molecule has 0 aromatic rings. The fourth-order valence-corrected chi connectivity index (χ4v) is 3.26. The number of esters is 2. The molecule has 5 heteroatoms. The van der Waals surface area contributed by atoms with E-state index in [1.54, 1.807) is 13.0 Å². The maximum atomic E-state index is 12.1. The van der Waals surface area contributed by atoms with E-state index >= 15 is 0 Å². The fourth-order valence-electron chi connectivity index (χ4n) is 3.26. The van der Waals surface area contributed by atoms with Crippen LogP contribution in [0, 0.1) is 0 Å². The lowest BCUT2D eigenvalue weighted by atomic mass is 9.93.